The number of carboxylic acids is 1. The van der Waals surface area contributed by atoms with Crippen LogP contribution in [0.3, 0.4) is 0 Å². The predicted molar refractivity (Wildman–Crippen MR) is 78.5 cm³/mol. The quantitative estimate of drug-likeness (QED) is 0.680. The SMILES string of the molecule is CSc1ccc(/C=C2/SC(=O)N(CC(=O)O)C2=O)cc1. The number of hydrogen-bond donors (Lipinski definition) is 1. The van der Waals surface area contributed by atoms with Crippen molar-refractivity contribution >= 4 is 46.7 Å². The van der Waals surface area contributed by atoms with E-state index < -0.39 is 23.7 Å². The van der Waals surface area contributed by atoms with E-state index in [9.17, 15) is 14.4 Å². The maximum Gasteiger partial charge on any atom is 0.323 e. The zero-order valence-corrected chi connectivity index (χ0v) is 12.2. The van der Waals surface area contributed by atoms with Crippen LogP contribution >= 0.6 is 23.5 Å². The molecule has 0 bridgehead atoms. The molecule has 2 rings (SSSR count). The first kappa shape index (κ1) is 14.7. The number of nitrogens with zero attached hydrogens (tertiary/aromatic N) is 1. The van der Waals surface area contributed by atoms with Crippen molar-refractivity contribution in [1.29, 1.82) is 0 Å². The first-order chi connectivity index (χ1) is 9.51. The largest absolute Gasteiger partial charge is 0.480 e. The standard InChI is InChI=1S/C13H11NO4S2/c1-19-9-4-2-8(3-5-9)6-10-12(17)14(7-11(15)16)13(18)20-10/h2-6H,7H2,1H3,(H,15,16)/b10-6+. The zero-order chi connectivity index (χ0) is 14.7. The molecule has 104 valence electrons. The van der Waals surface area contributed by atoms with Crippen LogP contribution in [0.25, 0.3) is 6.08 Å². The van der Waals surface area contributed by atoms with Gasteiger partial charge in [-0.15, -0.1) is 11.8 Å². The Morgan fingerprint density at radius 3 is 2.55 bits per heavy atom. The predicted octanol–water partition coefficient (Wildman–Crippen LogP) is 2.53. The Labute approximate surface area is 124 Å². The fraction of sp³-hybridized carbons (Fsp3) is 0.154. The summed E-state index contributed by atoms with van der Waals surface area (Å²) in [7, 11) is 0. The van der Waals surface area contributed by atoms with Crippen LogP contribution in [-0.4, -0.2) is 39.9 Å². The molecule has 1 aromatic carbocycles. The Morgan fingerprint density at radius 2 is 2.00 bits per heavy atom. The number of imide groups is 1. The molecule has 1 fully saturated rings. The van der Waals surface area contributed by atoms with Gasteiger partial charge in [-0.3, -0.25) is 19.3 Å². The van der Waals surface area contributed by atoms with E-state index >= 15 is 0 Å². The van der Waals surface area contributed by atoms with Crippen molar-refractivity contribution < 1.29 is 19.5 Å². The smallest absolute Gasteiger partial charge is 0.323 e. The first-order valence-corrected chi connectivity index (χ1v) is 7.66. The van der Waals surface area contributed by atoms with Gasteiger partial charge in [0.1, 0.15) is 6.54 Å². The molecule has 0 aromatic heterocycles. The molecule has 0 aliphatic carbocycles. The lowest BCUT2D eigenvalue weighted by Crippen LogP contribution is -2.33. The highest BCUT2D eigenvalue weighted by Crippen LogP contribution is 2.32. The van der Waals surface area contributed by atoms with E-state index in [1.165, 1.54) is 0 Å². The van der Waals surface area contributed by atoms with E-state index in [0.29, 0.717) is 0 Å². The number of hydrogen-bond acceptors (Lipinski definition) is 5. The summed E-state index contributed by atoms with van der Waals surface area (Å²) >= 11 is 2.37. The van der Waals surface area contributed by atoms with Crippen molar-refractivity contribution in [2.75, 3.05) is 12.8 Å². The van der Waals surface area contributed by atoms with Gasteiger partial charge >= 0.3 is 5.97 Å². The van der Waals surface area contributed by atoms with Gasteiger partial charge in [-0.05, 0) is 41.8 Å². The van der Waals surface area contributed by atoms with Crippen LogP contribution in [0.2, 0.25) is 0 Å². The van der Waals surface area contributed by atoms with Crippen molar-refractivity contribution in [3.8, 4) is 0 Å². The minimum atomic E-state index is -1.21. The van der Waals surface area contributed by atoms with Crippen LogP contribution in [0.15, 0.2) is 34.1 Å². The first-order valence-electron chi connectivity index (χ1n) is 5.62. The normalized spacial score (nSPS) is 17.1. The molecule has 20 heavy (non-hydrogen) atoms. The maximum atomic E-state index is 11.9. The van der Waals surface area contributed by atoms with Gasteiger partial charge in [0.2, 0.25) is 0 Å². The minimum absolute atomic E-state index is 0.244. The van der Waals surface area contributed by atoms with Gasteiger partial charge in [-0.25, -0.2) is 0 Å². The lowest BCUT2D eigenvalue weighted by Gasteiger charge is -2.07. The molecule has 0 atom stereocenters. The summed E-state index contributed by atoms with van der Waals surface area (Å²) in [6.45, 7) is -0.604. The molecule has 1 aliphatic rings. The molecule has 0 unspecified atom stereocenters. The number of carbonyl (C=O) groups is 3. The van der Waals surface area contributed by atoms with Crippen LogP contribution < -0.4 is 0 Å². The average molecular weight is 309 g/mol. The number of rotatable bonds is 4. The fourth-order valence-corrected chi connectivity index (χ4v) is 2.87. The molecule has 2 amide bonds. The van der Waals surface area contributed by atoms with Crippen LogP contribution in [0.5, 0.6) is 0 Å². The Morgan fingerprint density at radius 1 is 1.35 bits per heavy atom. The van der Waals surface area contributed by atoms with Crippen molar-refractivity contribution in [2.24, 2.45) is 0 Å². The van der Waals surface area contributed by atoms with Crippen LogP contribution in [0.1, 0.15) is 5.56 Å². The highest BCUT2D eigenvalue weighted by molar-refractivity contribution is 8.18. The van der Waals surface area contributed by atoms with E-state index in [-0.39, 0.29) is 4.91 Å². The summed E-state index contributed by atoms with van der Waals surface area (Å²) in [5.41, 5.74) is 0.795. The van der Waals surface area contributed by atoms with E-state index in [0.717, 1.165) is 27.1 Å². The highest BCUT2D eigenvalue weighted by Gasteiger charge is 2.36. The van der Waals surface area contributed by atoms with Gasteiger partial charge in [0.05, 0.1) is 4.91 Å². The monoisotopic (exact) mass is 309 g/mol. The van der Waals surface area contributed by atoms with Crippen LogP contribution in [0, 0.1) is 0 Å². The Hall–Kier alpha value is -1.73. The molecule has 5 nitrogen and oxygen atoms in total. The van der Waals surface area contributed by atoms with Gasteiger partial charge in [-0.2, -0.15) is 0 Å². The number of thioether (sulfide) groups is 2. The minimum Gasteiger partial charge on any atom is -0.480 e. The van der Waals surface area contributed by atoms with E-state index in [4.69, 9.17) is 5.11 Å². The van der Waals surface area contributed by atoms with Gasteiger partial charge < -0.3 is 5.11 Å². The summed E-state index contributed by atoms with van der Waals surface area (Å²) < 4.78 is 0. The summed E-state index contributed by atoms with van der Waals surface area (Å²) in [6, 6.07) is 7.52. The number of benzene rings is 1. The van der Waals surface area contributed by atoms with Crippen LogP contribution in [0.4, 0.5) is 4.79 Å². The third kappa shape index (κ3) is 3.23. The van der Waals surface area contributed by atoms with E-state index in [2.05, 4.69) is 0 Å². The molecule has 1 N–H and O–H groups in total. The topological polar surface area (TPSA) is 74.7 Å². The average Bonchev–Trinajstić information content (AvgIpc) is 2.67. The summed E-state index contributed by atoms with van der Waals surface area (Å²) in [6.07, 6.45) is 3.56. The molecular weight excluding hydrogens is 298 g/mol. The Bertz CT molecular complexity index is 595. The molecule has 0 saturated carbocycles. The van der Waals surface area contributed by atoms with E-state index in [1.807, 2.05) is 30.5 Å². The van der Waals surface area contributed by atoms with Crippen molar-refractivity contribution in [1.82, 2.24) is 4.90 Å². The second-order valence-electron chi connectivity index (χ2n) is 3.93. The molecular formula is C13H11NO4S2. The summed E-state index contributed by atoms with van der Waals surface area (Å²) in [4.78, 5) is 36.2. The summed E-state index contributed by atoms with van der Waals surface area (Å²) in [5, 5.41) is 8.11. The number of carbonyl (C=O) groups excluding carboxylic acids is 2. The zero-order valence-electron chi connectivity index (χ0n) is 10.5. The summed E-state index contributed by atoms with van der Waals surface area (Å²) in [5.74, 6) is -1.77. The van der Waals surface area contributed by atoms with Crippen molar-refractivity contribution in [2.45, 2.75) is 4.90 Å². The third-order valence-corrected chi connectivity index (χ3v) is 4.23. The molecule has 0 spiro atoms. The van der Waals surface area contributed by atoms with Gasteiger partial charge in [0.15, 0.2) is 0 Å². The lowest BCUT2D eigenvalue weighted by molar-refractivity contribution is -0.140. The Kier molecular flexibility index (Phi) is 4.51. The van der Waals surface area contributed by atoms with Crippen LogP contribution in [-0.2, 0) is 9.59 Å². The Balaban J connectivity index is 2.20. The molecule has 7 heteroatoms. The number of aliphatic carboxylic acids is 1. The number of carboxylic acid groups (broad SMARTS) is 1. The highest BCUT2D eigenvalue weighted by atomic mass is 32.2. The van der Waals surface area contributed by atoms with Crippen molar-refractivity contribution in [3.05, 3.63) is 34.7 Å². The molecule has 1 aromatic rings. The number of amides is 2. The lowest BCUT2D eigenvalue weighted by atomic mass is 10.2. The molecule has 0 radical (unpaired) electrons. The van der Waals surface area contributed by atoms with Gasteiger partial charge in [-0.1, -0.05) is 12.1 Å². The van der Waals surface area contributed by atoms with Crippen molar-refractivity contribution in [3.63, 3.8) is 0 Å². The van der Waals surface area contributed by atoms with Gasteiger partial charge in [0, 0.05) is 4.90 Å². The fourth-order valence-electron chi connectivity index (χ4n) is 1.62. The van der Waals surface area contributed by atoms with E-state index in [1.54, 1.807) is 17.8 Å². The molecule has 1 heterocycles. The third-order valence-electron chi connectivity index (χ3n) is 2.58. The molecule has 1 aliphatic heterocycles. The molecule has 1 saturated heterocycles. The second-order valence-corrected chi connectivity index (χ2v) is 5.81. The van der Waals surface area contributed by atoms with Gasteiger partial charge in [0.25, 0.3) is 11.1 Å². The second kappa shape index (κ2) is 6.15. The maximum absolute atomic E-state index is 11.9.